The zero-order valence-corrected chi connectivity index (χ0v) is 16.2. The molecule has 0 atom stereocenters. The van der Waals surface area contributed by atoms with Crippen LogP contribution >= 0.6 is 0 Å². The molecule has 1 heterocycles. The van der Waals surface area contributed by atoms with Crippen molar-refractivity contribution in [2.45, 2.75) is 25.4 Å². The van der Waals surface area contributed by atoms with E-state index in [1.165, 1.54) is 4.68 Å². The number of nitrogens with zero attached hydrogens (tertiary/aromatic N) is 3. The van der Waals surface area contributed by atoms with Crippen molar-refractivity contribution in [1.82, 2.24) is 19.7 Å². The maximum absolute atomic E-state index is 12.8. The number of amides is 2. The standard InChI is InChI=1S/C21H23N5O3/c1-29-18-10-6-5-9-17(18)23-20(27)22-13-14-25-21(28)26(16-11-12-16)19(24-25)15-7-3-2-4-8-15/h2-10,16H,11-14H2,1H3,(H2,22,23,27). The Balaban J connectivity index is 1.42. The van der Waals surface area contributed by atoms with Crippen LogP contribution in [0.4, 0.5) is 10.5 Å². The maximum atomic E-state index is 12.8. The van der Waals surface area contributed by atoms with Gasteiger partial charge in [0.2, 0.25) is 0 Å². The molecule has 150 valence electrons. The van der Waals surface area contributed by atoms with Gasteiger partial charge in [-0.2, -0.15) is 0 Å². The zero-order valence-electron chi connectivity index (χ0n) is 16.2. The molecule has 1 aromatic heterocycles. The van der Waals surface area contributed by atoms with Crippen molar-refractivity contribution in [2.24, 2.45) is 0 Å². The number of aromatic nitrogens is 3. The third kappa shape index (κ3) is 4.16. The summed E-state index contributed by atoms with van der Waals surface area (Å²) < 4.78 is 8.41. The SMILES string of the molecule is COc1ccccc1NC(=O)NCCn1nc(-c2ccccc2)n(C2CC2)c1=O. The van der Waals surface area contributed by atoms with E-state index < -0.39 is 0 Å². The van der Waals surface area contributed by atoms with Gasteiger partial charge in [0.25, 0.3) is 0 Å². The molecular formula is C21H23N5O3. The van der Waals surface area contributed by atoms with Crippen LogP contribution in [-0.2, 0) is 6.54 Å². The van der Waals surface area contributed by atoms with Gasteiger partial charge in [-0.1, -0.05) is 42.5 Å². The summed E-state index contributed by atoms with van der Waals surface area (Å²) >= 11 is 0. The summed E-state index contributed by atoms with van der Waals surface area (Å²) in [4.78, 5) is 25.0. The molecule has 3 aromatic rings. The zero-order chi connectivity index (χ0) is 20.2. The van der Waals surface area contributed by atoms with E-state index in [-0.39, 0.29) is 30.9 Å². The maximum Gasteiger partial charge on any atom is 0.346 e. The molecule has 4 rings (SSSR count). The molecule has 0 bridgehead atoms. The van der Waals surface area contributed by atoms with Crippen LogP contribution in [0.1, 0.15) is 18.9 Å². The van der Waals surface area contributed by atoms with Crippen molar-refractivity contribution in [3.63, 3.8) is 0 Å². The van der Waals surface area contributed by atoms with Crippen molar-refractivity contribution < 1.29 is 9.53 Å². The molecule has 8 nitrogen and oxygen atoms in total. The number of carbonyl (C=O) groups excluding carboxylic acids is 1. The number of urea groups is 1. The van der Waals surface area contributed by atoms with Gasteiger partial charge >= 0.3 is 11.7 Å². The van der Waals surface area contributed by atoms with Gasteiger partial charge in [0.1, 0.15) is 5.75 Å². The molecule has 0 saturated heterocycles. The van der Waals surface area contributed by atoms with E-state index in [0.717, 1.165) is 18.4 Å². The Kier molecular flexibility index (Phi) is 5.33. The van der Waals surface area contributed by atoms with Crippen LogP contribution in [0.3, 0.4) is 0 Å². The summed E-state index contributed by atoms with van der Waals surface area (Å²) in [5, 5.41) is 10.0. The van der Waals surface area contributed by atoms with E-state index in [9.17, 15) is 9.59 Å². The minimum absolute atomic E-state index is 0.140. The number of hydrogen-bond acceptors (Lipinski definition) is 4. The van der Waals surface area contributed by atoms with Gasteiger partial charge in [0.05, 0.1) is 19.3 Å². The molecule has 0 aliphatic heterocycles. The van der Waals surface area contributed by atoms with Crippen LogP contribution in [-0.4, -0.2) is 34.0 Å². The fourth-order valence-electron chi connectivity index (χ4n) is 3.20. The number of rotatable bonds is 7. The predicted octanol–water partition coefficient (Wildman–Crippen LogP) is 2.88. The van der Waals surface area contributed by atoms with Crippen LogP contribution in [0.15, 0.2) is 59.4 Å². The van der Waals surface area contributed by atoms with E-state index in [2.05, 4.69) is 15.7 Å². The third-order valence-electron chi connectivity index (χ3n) is 4.78. The highest BCUT2D eigenvalue weighted by Gasteiger charge is 2.30. The largest absolute Gasteiger partial charge is 0.495 e. The molecule has 1 aliphatic carbocycles. The van der Waals surface area contributed by atoms with Gasteiger partial charge < -0.3 is 15.4 Å². The molecule has 0 unspecified atom stereocenters. The normalized spacial score (nSPS) is 13.1. The molecule has 0 spiro atoms. The Hall–Kier alpha value is -3.55. The molecule has 1 aliphatic rings. The number of methoxy groups -OCH3 is 1. The van der Waals surface area contributed by atoms with Crippen molar-refractivity contribution in [1.29, 1.82) is 0 Å². The number of carbonyl (C=O) groups is 1. The number of benzene rings is 2. The van der Waals surface area contributed by atoms with E-state index in [1.54, 1.807) is 23.8 Å². The Morgan fingerprint density at radius 2 is 1.86 bits per heavy atom. The summed E-state index contributed by atoms with van der Waals surface area (Å²) in [5.41, 5.74) is 1.35. The van der Waals surface area contributed by atoms with Gasteiger partial charge in [-0.3, -0.25) is 4.57 Å². The average Bonchev–Trinajstić information content (AvgIpc) is 3.53. The Morgan fingerprint density at radius 3 is 2.59 bits per heavy atom. The summed E-state index contributed by atoms with van der Waals surface area (Å²) in [6, 6.07) is 16.7. The van der Waals surface area contributed by atoms with E-state index in [0.29, 0.717) is 17.3 Å². The second-order valence-corrected chi connectivity index (χ2v) is 6.88. The molecule has 2 amide bonds. The summed E-state index contributed by atoms with van der Waals surface area (Å²) in [7, 11) is 1.55. The minimum Gasteiger partial charge on any atom is -0.495 e. The molecule has 0 radical (unpaired) electrons. The highest BCUT2D eigenvalue weighted by molar-refractivity contribution is 5.90. The average molecular weight is 393 g/mol. The fourth-order valence-corrected chi connectivity index (χ4v) is 3.20. The lowest BCUT2D eigenvalue weighted by Gasteiger charge is -2.10. The highest BCUT2D eigenvalue weighted by atomic mass is 16.5. The monoisotopic (exact) mass is 393 g/mol. The predicted molar refractivity (Wildman–Crippen MR) is 110 cm³/mol. The first-order valence-electron chi connectivity index (χ1n) is 9.60. The van der Waals surface area contributed by atoms with E-state index in [4.69, 9.17) is 4.74 Å². The molecular weight excluding hydrogens is 370 g/mol. The second kappa shape index (κ2) is 8.22. The molecule has 2 aromatic carbocycles. The quantitative estimate of drug-likeness (QED) is 0.646. The summed E-state index contributed by atoms with van der Waals surface area (Å²) in [5.74, 6) is 1.26. The third-order valence-corrected chi connectivity index (χ3v) is 4.78. The van der Waals surface area contributed by atoms with Crippen molar-refractivity contribution in [3.8, 4) is 17.1 Å². The molecule has 29 heavy (non-hydrogen) atoms. The molecule has 1 fully saturated rings. The Morgan fingerprint density at radius 1 is 1.14 bits per heavy atom. The number of para-hydroxylation sites is 2. The lowest BCUT2D eigenvalue weighted by Crippen LogP contribution is -2.34. The van der Waals surface area contributed by atoms with Gasteiger partial charge in [-0.25, -0.2) is 14.3 Å². The van der Waals surface area contributed by atoms with Gasteiger partial charge in [0, 0.05) is 18.2 Å². The van der Waals surface area contributed by atoms with E-state index >= 15 is 0 Å². The first-order chi connectivity index (χ1) is 14.2. The van der Waals surface area contributed by atoms with E-state index in [1.807, 2.05) is 42.5 Å². The Labute approximate surface area is 168 Å². The molecule has 1 saturated carbocycles. The highest BCUT2D eigenvalue weighted by Crippen LogP contribution is 2.36. The van der Waals surface area contributed by atoms with Crippen LogP contribution in [0.5, 0.6) is 5.75 Å². The first kappa shape index (κ1) is 18.8. The van der Waals surface area contributed by atoms with Crippen LogP contribution in [0, 0.1) is 0 Å². The topological polar surface area (TPSA) is 90.2 Å². The second-order valence-electron chi connectivity index (χ2n) is 6.88. The lowest BCUT2D eigenvalue weighted by atomic mass is 10.2. The van der Waals surface area contributed by atoms with Crippen molar-refractivity contribution in [3.05, 3.63) is 65.1 Å². The Bertz CT molecular complexity index is 1050. The van der Waals surface area contributed by atoms with Gasteiger partial charge in [-0.05, 0) is 25.0 Å². The van der Waals surface area contributed by atoms with Crippen molar-refractivity contribution >= 4 is 11.7 Å². The number of nitrogens with one attached hydrogen (secondary N) is 2. The first-order valence-corrected chi connectivity index (χ1v) is 9.60. The number of hydrogen-bond donors (Lipinski definition) is 2. The van der Waals surface area contributed by atoms with Crippen molar-refractivity contribution in [2.75, 3.05) is 19.0 Å². The number of ether oxygens (including phenoxy) is 1. The smallest absolute Gasteiger partial charge is 0.346 e. The van der Waals surface area contributed by atoms with Crippen LogP contribution in [0.2, 0.25) is 0 Å². The summed E-state index contributed by atoms with van der Waals surface area (Å²) in [6.07, 6.45) is 1.98. The van der Waals surface area contributed by atoms with Crippen LogP contribution in [0.25, 0.3) is 11.4 Å². The minimum atomic E-state index is -0.368. The molecule has 2 N–H and O–H groups in total. The fraction of sp³-hybridized carbons (Fsp3) is 0.286. The number of anilines is 1. The summed E-state index contributed by atoms with van der Waals surface area (Å²) in [6.45, 7) is 0.564. The van der Waals surface area contributed by atoms with Gasteiger partial charge in [0.15, 0.2) is 5.82 Å². The molecule has 8 heteroatoms. The van der Waals surface area contributed by atoms with Gasteiger partial charge in [-0.15, -0.1) is 5.10 Å². The lowest BCUT2D eigenvalue weighted by molar-refractivity contribution is 0.251. The van der Waals surface area contributed by atoms with Crippen LogP contribution < -0.4 is 21.1 Å².